The first-order valence-electron chi connectivity index (χ1n) is 8.89. The van der Waals surface area contributed by atoms with E-state index in [4.69, 9.17) is 0 Å². The number of rotatable bonds is 5. The van der Waals surface area contributed by atoms with Gasteiger partial charge in [0, 0.05) is 36.7 Å². The summed E-state index contributed by atoms with van der Waals surface area (Å²) in [4.78, 5) is 3.45. The van der Waals surface area contributed by atoms with Gasteiger partial charge in [-0.3, -0.25) is 0 Å². The number of benzene rings is 1. The topological polar surface area (TPSA) is 40.6 Å². The molecule has 0 amide bonds. The molecule has 0 aliphatic carbocycles. The predicted molar refractivity (Wildman–Crippen MR) is 105 cm³/mol. The molecular formula is C19H26N2O2S2. The highest BCUT2D eigenvalue weighted by Crippen LogP contribution is 2.29. The van der Waals surface area contributed by atoms with E-state index >= 15 is 0 Å². The highest BCUT2D eigenvalue weighted by atomic mass is 32.2. The van der Waals surface area contributed by atoms with Gasteiger partial charge in [0.2, 0.25) is 0 Å². The van der Waals surface area contributed by atoms with Crippen molar-refractivity contribution in [2.75, 3.05) is 31.1 Å². The zero-order valence-electron chi connectivity index (χ0n) is 15.2. The maximum Gasteiger partial charge on any atom is 0.252 e. The number of piperazine rings is 1. The minimum atomic E-state index is -3.36. The lowest BCUT2D eigenvalue weighted by Crippen LogP contribution is -2.49. The Kier molecular flexibility index (Phi) is 5.51. The van der Waals surface area contributed by atoms with Crippen molar-refractivity contribution in [2.24, 2.45) is 0 Å². The molecule has 0 N–H and O–H groups in total. The standard InChI is InChI=1S/C19H26N2O2S2/c1-4-16-8-6-7-15(3)19(16)20-11-13-21(14-12-20)25(22,23)18-10-9-17(5-2)24-18/h6-10H,4-5,11-14H2,1-3H3. The molecule has 1 aliphatic heterocycles. The van der Waals surface area contributed by atoms with E-state index in [0.29, 0.717) is 17.3 Å². The minimum absolute atomic E-state index is 0.475. The number of thiophene rings is 1. The van der Waals surface area contributed by atoms with Crippen molar-refractivity contribution < 1.29 is 8.42 Å². The van der Waals surface area contributed by atoms with Crippen LogP contribution in [0, 0.1) is 6.92 Å². The average Bonchev–Trinajstić information content (AvgIpc) is 3.11. The van der Waals surface area contributed by atoms with Crippen molar-refractivity contribution in [1.82, 2.24) is 4.31 Å². The van der Waals surface area contributed by atoms with Crippen LogP contribution in [0.15, 0.2) is 34.5 Å². The van der Waals surface area contributed by atoms with Crippen LogP contribution in [0.2, 0.25) is 0 Å². The number of hydrogen-bond donors (Lipinski definition) is 0. The Morgan fingerprint density at radius 1 is 1.00 bits per heavy atom. The van der Waals surface area contributed by atoms with Gasteiger partial charge in [0.05, 0.1) is 0 Å². The lowest BCUT2D eigenvalue weighted by molar-refractivity contribution is 0.385. The Morgan fingerprint density at radius 3 is 2.32 bits per heavy atom. The van der Waals surface area contributed by atoms with Crippen LogP contribution in [-0.4, -0.2) is 38.9 Å². The highest BCUT2D eigenvalue weighted by molar-refractivity contribution is 7.91. The van der Waals surface area contributed by atoms with E-state index in [0.717, 1.165) is 30.8 Å². The Hall–Kier alpha value is -1.37. The van der Waals surface area contributed by atoms with Crippen LogP contribution in [0.3, 0.4) is 0 Å². The van der Waals surface area contributed by atoms with Crippen molar-refractivity contribution in [2.45, 2.75) is 37.8 Å². The third kappa shape index (κ3) is 3.61. The van der Waals surface area contributed by atoms with E-state index in [1.54, 1.807) is 10.4 Å². The fourth-order valence-electron chi connectivity index (χ4n) is 3.42. The second kappa shape index (κ2) is 7.48. The smallest absolute Gasteiger partial charge is 0.252 e. The molecule has 2 aromatic rings. The zero-order valence-corrected chi connectivity index (χ0v) is 16.8. The van der Waals surface area contributed by atoms with Crippen LogP contribution >= 0.6 is 11.3 Å². The molecule has 1 aromatic heterocycles. The molecule has 6 heteroatoms. The Bertz CT molecular complexity index is 835. The first kappa shape index (κ1) is 18.4. The molecule has 25 heavy (non-hydrogen) atoms. The molecule has 0 bridgehead atoms. The SMILES string of the molecule is CCc1ccc(S(=O)(=O)N2CCN(c3c(C)cccc3CC)CC2)s1. The van der Waals surface area contributed by atoms with Gasteiger partial charge in [-0.2, -0.15) is 4.31 Å². The Labute approximate surface area is 155 Å². The number of para-hydroxylation sites is 1. The summed E-state index contributed by atoms with van der Waals surface area (Å²) in [6.45, 7) is 8.91. The first-order chi connectivity index (χ1) is 12.0. The number of sulfonamides is 1. The van der Waals surface area contributed by atoms with E-state index in [1.165, 1.54) is 28.2 Å². The summed E-state index contributed by atoms with van der Waals surface area (Å²) < 4.78 is 27.8. The van der Waals surface area contributed by atoms with Gasteiger partial charge in [0.25, 0.3) is 10.0 Å². The number of aryl methyl sites for hydroxylation is 3. The van der Waals surface area contributed by atoms with E-state index in [2.05, 4.69) is 43.9 Å². The van der Waals surface area contributed by atoms with E-state index in [9.17, 15) is 8.42 Å². The molecule has 136 valence electrons. The second-order valence-electron chi connectivity index (χ2n) is 6.40. The summed E-state index contributed by atoms with van der Waals surface area (Å²) in [5.41, 5.74) is 3.88. The monoisotopic (exact) mass is 378 g/mol. The van der Waals surface area contributed by atoms with Gasteiger partial charge in [-0.15, -0.1) is 11.3 Å². The third-order valence-electron chi connectivity index (χ3n) is 4.84. The average molecular weight is 379 g/mol. The van der Waals surface area contributed by atoms with Crippen LogP contribution < -0.4 is 4.90 Å². The molecule has 0 saturated carbocycles. The largest absolute Gasteiger partial charge is 0.368 e. The molecule has 4 nitrogen and oxygen atoms in total. The lowest BCUT2D eigenvalue weighted by atomic mass is 10.0. The van der Waals surface area contributed by atoms with Gasteiger partial charge in [-0.25, -0.2) is 8.42 Å². The number of hydrogen-bond acceptors (Lipinski definition) is 4. The van der Waals surface area contributed by atoms with Crippen LogP contribution in [0.1, 0.15) is 29.9 Å². The fourth-order valence-corrected chi connectivity index (χ4v) is 6.30. The first-order valence-corrected chi connectivity index (χ1v) is 11.1. The van der Waals surface area contributed by atoms with Gasteiger partial charge < -0.3 is 4.90 Å². The molecule has 1 fully saturated rings. The van der Waals surface area contributed by atoms with E-state index < -0.39 is 10.0 Å². The van der Waals surface area contributed by atoms with Gasteiger partial charge >= 0.3 is 0 Å². The molecule has 3 rings (SSSR count). The summed E-state index contributed by atoms with van der Waals surface area (Å²) in [7, 11) is -3.36. The van der Waals surface area contributed by atoms with Crippen LogP contribution in [-0.2, 0) is 22.9 Å². The molecular weight excluding hydrogens is 352 g/mol. The maximum absolute atomic E-state index is 12.9. The molecule has 0 radical (unpaired) electrons. The summed E-state index contributed by atoms with van der Waals surface area (Å²) in [6, 6.07) is 10.1. The highest BCUT2D eigenvalue weighted by Gasteiger charge is 2.30. The van der Waals surface area contributed by atoms with Gasteiger partial charge in [0.1, 0.15) is 4.21 Å². The summed E-state index contributed by atoms with van der Waals surface area (Å²) in [5, 5.41) is 0. The Balaban J connectivity index is 1.76. The minimum Gasteiger partial charge on any atom is -0.368 e. The quantitative estimate of drug-likeness (QED) is 0.797. The molecule has 1 aromatic carbocycles. The van der Waals surface area contributed by atoms with E-state index in [-0.39, 0.29) is 0 Å². The zero-order chi connectivity index (χ0) is 18.0. The molecule has 0 spiro atoms. The summed E-state index contributed by atoms with van der Waals surface area (Å²) in [6.07, 6.45) is 1.87. The molecule has 1 saturated heterocycles. The fraction of sp³-hybridized carbons (Fsp3) is 0.474. The normalized spacial score (nSPS) is 16.4. The van der Waals surface area contributed by atoms with Crippen molar-refractivity contribution in [3.63, 3.8) is 0 Å². The van der Waals surface area contributed by atoms with Crippen LogP contribution in [0.4, 0.5) is 5.69 Å². The third-order valence-corrected chi connectivity index (χ3v) is 8.43. The van der Waals surface area contributed by atoms with Crippen LogP contribution in [0.25, 0.3) is 0 Å². The van der Waals surface area contributed by atoms with Gasteiger partial charge in [0.15, 0.2) is 0 Å². The van der Waals surface area contributed by atoms with Gasteiger partial charge in [-0.05, 0) is 43.0 Å². The lowest BCUT2D eigenvalue weighted by Gasteiger charge is -2.37. The molecule has 2 heterocycles. The van der Waals surface area contributed by atoms with Crippen LogP contribution in [0.5, 0.6) is 0 Å². The molecule has 1 aliphatic rings. The van der Waals surface area contributed by atoms with Crippen molar-refractivity contribution in [3.05, 3.63) is 46.3 Å². The maximum atomic E-state index is 12.9. The molecule has 0 atom stereocenters. The molecule has 0 unspecified atom stereocenters. The van der Waals surface area contributed by atoms with Crippen molar-refractivity contribution >= 4 is 27.0 Å². The van der Waals surface area contributed by atoms with E-state index in [1.807, 2.05) is 6.07 Å². The predicted octanol–water partition coefficient (Wildman–Crippen LogP) is 3.69. The Morgan fingerprint density at radius 2 is 1.72 bits per heavy atom. The number of anilines is 1. The van der Waals surface area contributed by atoms with Crippen molar-refractivity contribution in [1.29, 1.82) is 0 Å². The summed E-state index contributed by atoms with van der Waals surface area (Å²) >= 11 is 1.40. The number of nitrogens with zero attached hydrogens (tertiary/aromatic N) is 2. The summed E-state index contributed by atoms with van der Waals surface area (Å²) in [5.74, 6) is 0. The van der Waals surface area contributed by atoms with Crippen molar-refractivity contribution in [3.8, 4) is 0 Å². The van der Waals surface area contributed by atoms with Gasteiger partial charge in [-0.1, -0.05) is 32.0 Å². The second-order valence-corrected chi connectivity index (χ2v) is 9.73.